The topological polar surface area (TPSA) is 99.2 Å². The van der Waals surface area contributed by atoms with Gasteiger partial charge >= 0.3 is 6.18 Å². The van der Waals surface area contributed by atoms with Crippen molar-refractivity contribution >= 4 is 27.7 Å². The summed E-state index contributed by atoms with van der Waals surface area (Å²) in [6.45, 7) is 1.85. The molecule has 2 fully saturated rings. The van der Waals surface area contributed by atoms with Crippen LogP contribution in [-0.2, 0) is 21.2 Å². The number of hydrogen-bond acceptors (Lipinski definition) is 5. The van der Waals surface area contributed by atoms with Gasteiger partial charge in [0.15, 0.2) is 0 Å². The highest BCUT2D eigenvalue weighted by Crippen LogP contribution is 2.59. The van der Waals surface area contributed by atoms with E-state index < -0.39 is 33.1 Å². The number of amidine groups is 1. The molecule has 8 nitrogen and oxygen atoms in total. The normalized spacial score (nSPS) is 21.5. The molecule has 35 heavy (non-hydrogen) atoms. The van der Waals surface area contributed by atoms with Gasteiger partial charge in [0.2, 0.25) is 10.0 Å². The number of benzene rings is 1. The number of amides is 2. The van der Waals surface area contributed by atoms with E-state index in [4.69, 9.17) is 0 Å². The Labute approximate surface area is 202 Å². The monoisotopic (exact) mass is 514 g/mol. The first-order valence-electron chi connectivity index (χ1n) is 11.5. The van der Waals surface area contributed by atoms with Gasteiger partial charge in [-0.2, -0.15) is 13.2 Å². The van der Waals surface area contributed by atoms with Crippen LogP contribution in [-0.4, -0.2) is 79.9 Å². The average molecular weight is 515 g/mol. The van der Waals surface area contributed by atoms with Crippen LogP contribution < -0.4 is 5.32 Å². The summed E-state index contributed by atoms with van der Waals surface area (Å²) in [6.07, 6.45) is -4.36. The molecule has 1 spiro atoms. The molecule has 2 aliphatic heterocycles. The standard InChI is InChI=1S/C23H29F3N4O4S/c1-15-14-17(18(31)29(2)3)5-4-16(15)6-13-35(33,34)30-11-9-22(10-12-30)20(32)27-19(28-22)21(7-8-21)23(24,25)26/h4-5,14H,6-13H2,1-3H3,(H,27,28,32). The van der Waals surface area contributed by atoms with Crippen molar-refractivity contribution in [2.75, 3.05) is 32.9 Å². The first-order valence-corrected chi connectivity index (χ1v) is 13.1. The lowest BCUT2D eigenvalue weighted by Gasteiger charge is -2.34. The minimum absolute atomic E-state index is 0.0147. The SMILES string of the molecule is Cc1cc(C(=O)N(C)C)ccc1CCS(=O)(=O)N1CCC2(CC1)N=C(C1(C(F)(F)F)CC1)NC2=O. The van der Waals surface area contributed by atoms with Gasteiger partial charge in [0.25, 0.3) is 11.8 Å². The molecule has 1 saturated heterocycles. The van der Waals surface area contributed by atoms with Crippen molar-refractivity contribution in [1.29, 1.82) is 0 Å². The summed E-state index contributed by atoms with van der Waals surface area (Å²) in [5.74, 6) is -1.19. The van der Waals surface area contributed by atoms with E-state index >= 15 is 0 Å². The largest absolute Gasteiger partial charge is 0.401 e. The van der Waals surface area contributed by atoms with E-state index in [2.05, 4.69) is 10.3 Å². The molecule has 4 rings (SSSR count). The molecule has 192 valence electrons. The van der Waals surface area contributed by atoms with Gasteiger partial charge in [-0.15, -0.1) is 0 Å². The van der Waals surface area contributed by atoms with Crippen LogP contribution >= 0.6 is 0 Å². The second kappa shape index (κ2) is 8.58. The van der Waals surface area contributed by atoms with E-state index in [1.54, 1.807) is 32.3 Å². The van der Waals surface area contributed by atoms with Gasteiger partial charge in [-0.1, -0.05) is 6.07 Å². The third-order valence-electron chi connectivity index (χ3n) is 7.29. The zero-order chi connectivity index (χ0) is 25.8. The van der Waals surface area contributed by atoms with Crippen LogP contribution in [0.2, 0.25) is 0 Å². The minimum Gasteiger partial charge on any atom is -0.345 e. The molecular formula is C23H29F3N4O4S. The van der Waals surface area contributed by atoms with Crippen molar-refractivity contribution in [2.24, 2.45) is 10.4 Å². The molecule has 0 atom stereocenters. The van der Waals surface area contributed by atoms with Crippen LogP contribution in [0, 0.1) is 12.3 Å². The van der Waals surface area contributed by atoms with E-state index in [0.29, 0.717) is 5.56 Å². The summed E-state index contributed by atoms with van der Waals surface area (Å²) >= 11 is 0. The number of sulfonamides is 1. The average Bonchev–Trinajstić information content (AvgIpc) is 3.54. The number of hydrogen-bond donors (Lipinski definition) is 1. The Kier molecular flexibility index (Phi) is 6.28. The van der Waals surface area contributed by atoms with Crippen LogP contribution in [0.3, 0.4) is 0 Å². The van der Waals surface area contributed by atoms with E-state index in [9.17, 15) is 31.2 Å². The van der Waals surface area contributed by atoms with Crippen LogP contribution in [0.15, 0.2) is 23.2 Å². The second-order valence-corrected chi connectivity index (χ2v) is 11.9. The van der Waals surface area contributed by atoms with Crippen LogP contribution in [0.25, 0.3) is 0 Å². The molecule has 1 N–H and O–H groups in total. The molecular weight excluding hydrogens is 485 g/mol. The Bertz CT molecular complexity index is 1180. The smallest absolute Gasteiger partial charge is 0.345 e. The Morgan fingerprint density at radius 2 is 1.80 bits per heavy atom. The first kappa shape index (κ1) is 25.6. The summed E-state index contributed by atoms with van der Waals surface area (Å²) in [5, 5.41) is 2.35. The second-order valence-electron chi connectivity index (χ2n) is 9.83. The van der Waals surface area contributed by atoms with Gasteiger partial charge in [-0.05, 0) is 62.3 Å². The first-order chi connectivity index (χ1) is 16.2. The number of rotatable bonds is 6. The van der Waals surface area contributed by atoms with Crippen molar-refractivity contribution in [3.05, 3.63) is 34.9 Å². The highest BCUT2D eigenvalue weighted by molar-refractivity contribution is 7.89. The zero-order valence-electron chi connectivity index (χ0n) is 19.9. The van der Waals surface area contributed by atoms with Crippen molar-refractivity contribution in [3.8, 4) is 0 Å². The quantitative estimate of drug-likeness (QED) is 0.630. The molecule has 0 bridgehead atoms. The van der Waals surface area contributed by atoms with Crippen molar-refractivity contribution in [3.63, 3.8) is 0 Å². The summed E-state index contributed by atoms with van der Waals surface area (Å²) in [6, 6.07) is 5.15. The molecule has 2 heterocycles. The van der Waals surface area contributed by atoms with Gasteiger partial charge in [0.05, 0.1) is 5.75 Å². The Morgan fingerprint density at radius 1 is 1.17 bits per heavy atom. The number of carbonyl (C=O) groups is 2. The molecule has 0 radical (unpaired) electrons. The maximum atomic E-state index is 13.5. The zero-order valence-corrected chi connectivity index (χ0v) is 20.7. The Balaban J connectivity index is 1.40. The fraction of sp³-hybridized carbons (Fsp3) is 0.609. The lowest BCUT2D eigenvalue weighted by molar-refractivity contribution is -0.166. The van der Waals surface area contributed by atoms with Gasteiger partial charge in [0.1, 0.15) is 16.8 Å². The molecule has 12 heteroatoms. The summed E-state index contributed by atoms with van der Waals surface area (Å²) in [4.78, 5) is 30.4. The minimum atomic E-state index is -4.48. The Morgan fingerprint density at radius 3 is 2.31 bits per heavy atom. The molecule has 1 aromatic rings. The van der Waals surface area contributed by atoms with Crippen molar-refractivity contribution < 1.29 is 31.2 Å². The van der Waals surface area contributed by atoms with E-state index in [1.807, 2.05) is 6.92 Å². The number of alkyl halides is 3. The summed E-state index contributed by atoms with van der Waals surface area (Å²) in [7, 11) is -0.346. The highest BCUT2D eigenvalue weighted by Gasteiger charge is 2.69. The molecule has 0 unspecified atom stereocenters. The maximum Gasteiger partial charge on any atom is 0.401 e. The van der Waals surface area contributed by atoms with Gasteiger partial charge in [-0.3, -0.25) is 14.6 Å². The van der Waals surface area contributed by atoms with Gasteiger partial charge in [-0.25, -0.2) is 12.7 Å². The molecule has 1 aliphatic carbocycles. The number of halogens is 3. The third kappa shape index (κ3) is 4.57. The van der Waals surface area contributed by atoms with E-state index in [1.165, 1.54) is 9.21 Å². The van der Waals surface area contributed by atoms with Gasteiger partial charge in [0, 0.05) is 32.7 Å². The fourth-order valence-electron chi connectivity index (χ4n) is 4.73. The number of aliphatic imine (C=N–C) groups is 1. The molecule has 0 aromatic heterocycles. The van der Waals surface area contributed by atoms with Crippen molar-refractivity contribution in [1.82, 2.24) is 14.5 Å². The number of nitrogens with one attached hydrogen (secondary N) is 1. The van der Waals surface area contributed by atoms with E-state index in [-0.39, 0.29) is 62.7 Å². The predicted molar refractivity (Wildman–Crippen MR) is 124 cm³/mol. The maximum absolute atomic E-state index is 13.5. The van der Waals surface area contributed by atoms with E-state index in [0.717, 1.165) is 11.1 Å². The molecule has 2 amide bonds. The molecule has 1 aromatic carbocycles. The van der Waals surface area contributed by atoms with Crippen LogP contribution in [0.1, 0.15) is 47.2 Å². The molecule has 3 aliphatic rings. The lowest BCUT2D eigenvalue weighted by Crippen LogP contribution is -2.51. The fourth-order valence-corrected chi connectivity index (χ4v) is 6.21. The molecule has 1 saturated carbocycles. The van der Waals surface area contributed by atoms with Crippen LogP contribution in [0.4, 0.5) is 13.2 Å². The van der Waals surface area contributed by atoms with Crippen LogP contribution in [0.5, 0.6) is 0 Å². The third-order valence-corrected chi connectivity index (χ3v) is 9.17. The summed E-state index contributed by atoms with van der Waals surface area (Å²) < 4.78 is 67.6. The summed E-state index contributed by atoms with van der Waals surface area (Å²) in [5.41, 5.74) is -1.26. The Hall–Kier alpha value is -2.47. The number of piperidine rings is 1. The predicted octanol–water partition coefficient (Wildman–Crippen LogP) is 2.27. The van der Waals surface area contributed by atoms with Crippen molar-refractivity contribution in [2.45, 2.75) is 50.7 Å². The highest BCUT2D eigenvalue weighted by atomic mass is 32.2. The van der Waals surface area contributed by atoms with Gasteiger partial charge < -0.3 is 10.2 Å². The number of carbonyl (C=O) groups excluding carboxylic acids is 2. The lowest BCUT2D eigenvalue weighted by atomic mass is 9.89. The number of aryl methyl sites for hydroxylation is 2. The number of nitrogens with zero attached hydrogens (tertiary/aromatic N) is 3.